The Hall–Kier alpha value is -3.67. The lowest BCUT2D eigenvalue weighted by atomic mass is 10.2. The molecule has 2 aromatic rings. The monoisotopic (exact) mass is 528 g/mol. The molecular formula is C26H36N6O6. The molecule has 0 radical (unpaired) electrons. The molecule has 0 bridgehead atoms. The summed E-state index contributed by atoms with van der Waals surface area (Å²) in [7, 11) is 3.25. The van der Waals surface area contributed by atoms with E-state index < -0.39 is 0 Å². The molecule has 0 spiro atoms. The number of carbonyl (C=O) groups is 1. The number of Topliss-reactive ketones (excluding diaryl/α,β-unsaturated/α-hetero) is 1. The van der Waals surface area contributed by atoms with E-state index in [-0.39, 0.29) is 34.4 Å². The summed E-state index contributed by atoms with van der Waals surface area (Å²) < 4.78 is 5.35. The maximum absolute atomic E-state index is 12.2. The van der Waals surface area contributed by atoms with E-state index in [0.717, 1.165) is 6.42 Å². The average molecular weight is 529 g/mol. The number of ketones is 1. The van der Waals surface area contributed by atoms with Crippen LogP contribution in [0.4, 0.5) is 11.6 Å². The molecule has 0 aliphatic carbocycles. The minimum Gasteiger partial charge on any atom is -0.393 e. The van der Waals surface area contributed by atoms with Crippen molar-refractivity contribution in [2.24, 2.45) is 24.1 Å². The number of fused-ring (bicyclic) bond motifs is 2. The molecule has 12 heteroatoms. The van der Waals surface area contributed by atoms with Gasteiger partial charge in [-0.15, -0.1) is 0 Å². The number of hydrogen-bond donors (Lipinski definition) is 1. The van der Waals surface area contributed by atoms with Crippen LogP contribution < -0.4 is 22.5 Å². The quantitative estimate of drug-likeness (QED) is 0.453. The molecule has 4 heterocycles. The van der Waals surface area contributed by atoms with Crippen LogP contribution >= 0.6 is 0 Å². The van der Waals surface area contributed by atoms with Crippen molar-refractivity contribution in [1.82, 2.24) is 18.3 Å². The Morgan fingerprint density at radius 2 is 1.29 bits per heavy atom. The Bertz CT molecular complexity index is 1490. The fourth-order valence-electron chi connectivity index (χ4n) is 4.52. The van der Waals surface area contributed by atoms with Gasteiger partial charge in [0.2, 0.25) is 0 Å². The second-order valence-electron chi connectivity index (χ2n) is 9.74. The molecule has 2 aliphatic heterocycles. The van der Waals surface area contributed by atoms with E-state index in [0.29, 0.717) is 80.8 Å². The van der Waals surface area contributed by atoms with Gasteiger partial charge < -0.3 is 9.90 Å². The van der Waals surface area contributed by atoms with E-state index in [1.54, 1.807) is 33.4 Å². The third kappa shape index (κ3) is 6.42. The van der Waals surface area contributed by atoms with Gasteiger partial charge >= 0.3 is 11.4 Å². The van der Waals surface area contributed by atoms with Crippen LogP contribution in [0.25, 0.3) is 0 Å². The highest BCUT2D eigenvalue weighted by Crippen LogP contribution is 2.18. The predicted octanol–water partition coefficient (Wildman–Crippen LogP) is 0.921. The summed E-state index contributed by atoms with van der Waals surface area (Å²) in [5.41, 5.74) is 0.0304. The first-order chi connectivity index (χ1) is 18.0. The summed E-state index contributed by atoms with van der Waals surface area (Å²) in [5, 5.41) is 9.18. The van der Waals surface area contributed by atoms with Gasteiger partial charge in [0.1, 0.15) is 17.4 Å². The van der Waals surface area contributed by atoms with Crippen LogP contribution in [0.5, 0.6) is 0 Å². The van der Waals surface area contributed by atoms with Crippen molar-refractivity contribution in [3.63, 3.8) is 0 Å². The van der Waals surface area contributed by atoms with Crippen LogP contribution in [0.3, 0.4) is 0 Å². The first-order valence-corrected chi connectivity index (χ1v) is 12.9. The molecule has 1 unspecified atom stereocenters. The number of carbonyl (C=O) groups excluding carboxylic acids is 1. The average Bonchev–Trinajstić information content (AvgIpc) is 3.56. The second-order valence-corrected chi connectivity index (χ2v) is 9.74. The molecule has 0 saturated carbocycles. The first kappa shape index (κ1) is 28.9. The van der Waals surface area contributed by atoms with Crippen molar-refractivity contribution in [3.8, 4) is 0 Å². The van der Waals surface area contributed by atoms with E-state index in [9.17, 15) is 29.1 Å². The molecule has 1 N–H and O–H groups in total. The Morgan fingerprint density at radius 1 is 0.842 bits per heavy atom. The van der Waals surface area contributed by atoms with Crippen molar-refractivity contribution >= 4 is 29.8 Å². The molecule has 38 heavy (non-hydrogen) atoms. The Labute approximate surface area is 219 Å². The zero-order valence-electron chi connectivity index (χ0n) is 22.5. The Morgan fingerprint density at radius 3 is 1.71 bits per heavy atom. The number of aliphatic imine (C=N–C) groups is 2. The van der Waals surface area contributed by atoms with E-state index in [2.05, 4.69) is 9.98 Å². The summed E-state index contributed by atoms with van der Waals surface area (Å²) in [6, 6.07) is 0. The van der Waals surface area contributed by atoms with E-state index >= 15 is 0 Å². The topological polar surface area (TPSA) is 150 Å². The van der Waals surface area contributed by atoms with Crippen molar-refractivity contribution < 1.29 is 9.90 Å². The van der Waals surface area contributed by atoms with Gasteiger partial charge in [-0.25, -0.2) is 19.6 Å². The first-order valence-electron chi connectivity index (χ1n) is 12.9. The van der Waals surface area contributed by atoms with Crippen LogP contribution in [0.2, 0.25) is 0 Å². The lowest BCUT2D eigenvalue weighted by Crippen LogP contribution is -2.40. The highest BCUT2D eigenvalue weighted by Gasteiger charge is 2.20. The number of hydrogen-bond acceptors (Lipinski definition) is 8. The van der Waals surface area contributed by atoms with Gasteiger partial charge in [0, 0.05) is 58.9 Å². The molecule has 2 aliphatic rings. The normalized spacial score (nSPS) is 13.7. The Kier molecular flexibility index (Phi) is 9.67. The van der Waals surface area contributed by atoms with Gasteiger partial charge in [-0.05, 0) is 46.0 Å². The van der Waals surface area contributed by atoms with Crippen LogP contribution in [0, 0.1) is 0 Å². The van der Waals surface area contributed by atoms with Crippen LogP contribution in [-0.4, -0.2) is 47.7 Å². The van der Waals surface area contributed by atoms with Crippen LogP contribution in [0.15, 0.2) is 29.2 Å². The standard InChI is InChI=1S/C13H19N3O3.C13H17N3O3/c2*1-9(17)5-3-4-8-16-12(18)10-6-7-14-11(10)15(2)13(16)19/h7,9,17H,3-6,8H2,1-2H3;7H,3-6,8H2,1-2H3. The van der Waals surface area contributed by atoms with Crippen molar-refractivity contribution in [1.29, 1.82) is 0 Å². The molecule has 0 saturated heterocycles. The second kappa shape index (κ2) is 12.7. The maximum atomic E-state index is 12.2. The third-order valence-electron chi connectivity index (χ3n) is 6.65. The maximum Gasteiger partial charge on any atom is 0.332 e. The summed E-state index contributed by atoms with van der Waals surface area (Å²) in [6.07, 6.45) is 7.95. The molecule has 0 amide bonds. The number of unbranched alkanes of at least 4 members (excludes halogenated alkanes) is 2. The molecule has 1 atom stereocenters. The highest BCUT2D eigenvalue weighted by molar-refractivity contribution is 5.75. The molecule has 0 aromatic carbocycles. The number of nitrogens with zero attached hydrogens (tertiary/aromatic N) is 6. The minimum atomic E-state index is -0.342. The summed E-state index contributed by atoms with van der Waals surface area (Å²) in [6.45, 7) is 4.02. The van der Waals surface area contributed by atoms with Gasteiger partial charge in [-0.3, -0.25) is 27.9 Å². The minimum absolute atomic E-state index is 0.127. The van der Waals surface area contributed by atoms with Crippen molar-refractivity contribution in [2.45, 2.75) is 84.4 Å². The van der Waals surface area contributed by atoms with Gasteiger partial charge in [-0.1, -0.05) is 0 Å². The van der Waals surface area contributed by atoms with Gasteiger partial charge in [0.05, 0.1) is 17.2 Å². The number of aliphatic hydroxyl groups is 1. The largest absolute Gasteiger partial charge is 0.393 e. The van der Waals surface area contributed by atoms with Gasteiger partial charge in [-0.2, -0.15) is 0 Å². The van der Waals surface area contributed by atoms with Gasteiger partial charge in [0.25, 0.3) is 11.1 Å². The summed E-state index contributed by atoms with van der Waals surface area (Å²) in [5.74, 6) is 1.08. The smallest absolute Gasteiger partial charge is 0.332 e. The van der Waals surface area contributed by atoms with Crippen LogP contribution in [-0.2, 0) is 44.8 Å². The molecular weight excluding hydrogens is 492 g/mol. The van der Waals surface area contributed by atoms with Crippen LogP contribution in [0.1, 0.15) is 63.5 Å². The predicted molar refractivity (Wildman–Crippen MR) is 146 cm³/mol. The van der Waals surface area contributed by atoms with E-state index in [1.807, 2.05) is 0 Å². The van der Waals surface area contributed by atoms with Crippen molar-refractivity contribution in [3.05, 3.63) is 52.8 Å². The zero-order chi connectivity index (χ0) is 28.0. The third-order valence-corrected chi connectivity index (χ3v) is 6.65. The number of aromatic nitrogens is 4. The van der Waals surface area contributed by atoms with Gasteiger partial charge in [0.15, 0.2) is 0 Å². The summed E-state index contributed by atoms with van der Waals surface area (Å²) in [4.78, 5) is 67.5. The fraction of sp³-hybridized carbons (Fsp3) is 0.577. The van der Waals surface area contributed by atoms with Crippen molar-refractivity contribution in [2.75, 3.05) is 0 Å². The molecule has 12 nitrogen and oxygen atoms in total. The molecule has 2 aromatic heterocycles. The Balaban J connectivity index is 0.000000211. The summed E-state index contributed by atoms with van der Waals surface area (Å²) >= 11 is 0. The molecule has 4 rings (SSSR count). The lowest BCUT2D eigenvalue weighted by molar-refractivity contribution is -0.117. The molecule has 206 valence electrons. The lowest BCUT2D eigenvalue weighted by Gasteiger charge is -2.11. The zero-order valence-corrected chi connectivity index (χ0v) is 22.5. The fourth-order valence-corrected chi connectivity index (χ4v) is 4.52. The van der Waals surface area contributed by atoms with E-state index in [4.69, 9.17) is 0 Å². The number of rotatable bonds is 10. The SMILES string of the molecule is CC(=O)CCCCn1c(=O)c2c(n(C)c1=O)N=CC2.CC(O)CCCCn1c(=O)c2c(n(C)c1=O)N=CC2. The van der Waals surface area contributed by atoms with E-state index in [1.165, 1.54) is 25.2 Å². The number of aliphatic hydroxyl groups excluding tert-OH is 1. The molecule has 0 fully saturated rings. The highest BCUT2D eigenvalue weighted by atomic mass is 16.3.